The fraction of sp³-hybridized carbons (Fsp3) is 0.381. The number of benzene rings is 1. The first-order valence-electron chi connectivity index (χ1n) is 9.45. The van der Waals surface area contributed by atoms with Crippen LogP contribution < -0.4 is 4.74 Å². The zero-order valence-electron chi connectivity index (χ0n) is 16.0. The number of nitrogens with zero attached hydrogens (tertiary/aromatic N) is 3. The van der Waals surface area contributed by atoms with E-state index in [9.17, 15) is 9.90 Å². The standard InChI is InChI=1S/C21H23N3O4/c1-13-19-18(28-16-10-8-15(27-2)9-11-16)12-17(21(25)26)22-20(19)24(23-13)14-6-4-3-5-7-14/h3-7,12,15-16H,8-11H2,1-2H3,(H,25,26). The van der Waals surface area contributed by atoms with Gasteiger partial charge in [-0.1, -0.05) is 18.2 Å². The topological polar surface area (TPSA) is 86.5 Å². The average Bonchev–Trinajstić information content (AvgIpc) is 3.06. The van der Waals surface area contributed by atoms with Crippen LogP contribution >= 0.6 is 0 Å². The van der Waals surface area contributed by atoms with Crippen molar-refractivity contribution in [3.8, 4) is 11.4 Å². The Bertz CT molecular complexity index is 992. The minimum Gasteiger partial charge on any atom is -0.490 e. The molecule has 28 heavy (non-hydrogen) atoms. The monoisotopic (exact) mass is 381 g/mol. The minimum absolute atomic E-state index is 0.0260. The Morgan fingerprint density at radius 1 is 1.14 bits per heavy atom. The summed E-state index contributed by atoms with van der Waals surface area (Å²) in [5.41, 5.74) is 2.01. The molecule has 0 spiro atoms. The number of carboxylic acids is 1. The second-order valence-electron chi connectivity index (χ2n) is 7.09. The smallest absolute Gasteiger partial charge is 0.354 e. The Morgan fingerprint density at radius 2 is 1.82 bits per heavy atom. The van der Waals surface area contributed by atoms with E-state index in [-0.39, 0.29) is 17.9 Å². The molecule has 1 fully saturated rings. The molecule has 0 aliphatic heterocycles. The molecule has 1 N–H and O–H groups in total. The van der Waals surface area contributed by atoms with Gasteiger partial charge in [0, 0.05) is 13.2 Å². The highest BCUT2D eigenvalue weighted by Gasteiger charge is 2.25. The number of carbonyl (C=O) groups is 1. The minimum atomic E-state index is -1.09. The number of aromatic nitrogens is 3. The van der Waals surface area contributed by atoms with Gasteiger partial charge in [-0.25, -0.2) is 14.5 Å². The third kappa shape index (κ3) is 3.45. The van der Waals surface area contributed by atoms with Gasteiger partial charge in [-0.2, -0.15) is 5.10 Å². The van der Waals surface area contributed by atoms with E-state index in [0.29, 0.717) is 11.4 Å². The summed E-state index contributed by atoms with van der Waals surface area (Å²) in [5, 5.41) is 14.9. The Morgan fingerprint density at radius 3 is 2.46 bits per heavy atom. The molecule has 1 aliphatic carbocycles. The van der Waals surface area contributed by atoms with Crippen LogP contribution in [0.3, 0.4) is 0 Å². The molecular formula is C21H23N3O4. The van der Waals surface area contributed by atoms with Gasteiger partial charge < -0.3 is 14.6 Å². The van der Waals surface area contributed by atoms with Gasteiger partial charge in [0.05, 0.1) is 29.0 Å². The van der Waals surface area contributed by atoms with E-state index in [2.05, 4.69) is 10.1 Å². The summed E-state index contributed by atoms with van der Waals surface area (Å²) in [6.07, 6.45) is 3.91. The summed E-state index contributed by atoms with van der Waals surface area (Å²) in [7, 11) is 1.73. The molecule has 0 saturated heterocycles. The first-order chi connectivity index (χ1) is 13.6. The van der Waals surface area contributed by atoms with E-state index in [1.165, 1.54) is 6.07 Å². The van der Waals surface area contributed by atoms with Crippen molar-refractivity contribution in [3.63, 3.8) is 0 Å². The normalized spacial score (nSPS) is 19.6. The summed E-state index contributed by atoms with van der Waals surface area (Å²) in [4.78, 5) is 16.0. The first-order valence-corrected chi connectivity index (χ1v) is 9.45. The van der Waals surface area contributed by atoms with Crippen LogP contribution in [-0.4, -0.2) is 45.2 Å². The van der Waals surface area contributed by atoms with Crippen LogP contribution in [0.15, 0.2) is 36.4 Å². The molecule has 7 heteroatoms. The second kappa shape index (κ2) is 7.59. The Hall–Kier alpha value is -2.93. The molecular weight excluding hydrogens is 358 g/mol. The number of ether oxygens (including phenoxy) is 2. The molecule has 0 radical (unpaired) electrons. The van der Waals surface area contributed by atoms with Crippen LogP contribution in [0, 0.1) is 6.92 Å². The number of aryl methyl sites for hydroxylation is 1. The summed E-state index contributed by atoms with van der Waals surface area (Å²) in [6.45, 7) is 1.89. The molecule has 2 aromatic heterocycles. The Kier molecular flexibility index (Phi) is 5.00. The molecule has 1 aromatic carbocycles. The number of hydrogen-bond acceptors (Lipinski definition) is 5. The number of fused-ring (bicyclic) bond motifs is 1. The summed E-state index contributed by atoms with van der Waals surface area (Å²) >= 11 is 0. The lowest BCUT2D eigenvalue weighted by Crippen LogP contribution is -2.27. The molecule has 0 bridgehead atoms. The number of aromatic carboxylic acids is 1. The zero-order valence-corrected chi connectivity index (χ0v) is 16.0. The molecule has 0 unspecified atom stereocenters. The van der Waals surface area contributed by atoms with Crippen LogP contribution in [0.1, 0.15) is 41.9 Å². The molecule has 0 amide bonds. The van der Waals surface area contributed by atoms with Gasteiger partial charge in [-0.05, 0) is 44.7 Å². The highest BCUT2D eigenvalue weighted by molar-refractivity contribution is 5.93. The second-order valence-corrected chi connectivity index (χ2v) is 7.09. The number of pyridine rings is 1. The van der Waals surface area contributed by atoms with Crippen LogP contribution in [-0.2, 0) is 4.74 Å². The van der Waals surface area contributed by atoms with Gasteiger partial charge in [0.1, 0.15) is 5.75 Å². The third-order valence-corrected chi connectivity index (χ3v) is 5.24. The molecule has 146 valence electrons. The Labute approximate surface area is 162 Å². The van der Waals surface area contributed by atoms with Crippen LogP contribution in [0.25, 0.3) is 16.7 Å². The largest absolute Gasteiger partial charge is 0.490 e. The average molecular weight is 381 g/mol. The van der Waals surface area contributed by atoms with Crippen LogP contribution in [0.5, 0.6) is 5.75 Å². The lowest BCUT2D eigenvalue weighted by atomic mass is 9.95. The van der Waals surface area contributed by atoms with Crippen molar-refractivity contribution in [2.75, 3.05) is 7.11 Å². The predicted molar refractivity (Wildman–Crippen MR) is 104 cm³/mol. The molecule has 7 nitrogen and oxygen atoms in total. The number of para-hydroxylation sites is 1. The van der Waals surface area contributed by atoms with Crippen LogP contribution in [0.2, 0.25) is 0 Å². The van der Waals surface area contributed by atoms with E-state index in [4.69, 9.17) is 9.47 Å². The van der Waals surface area contributed by atoms with Crippen LogP contribution in [0.4, 0.5) is 0 Å². The summed E-state index contributed by atoms with van der Waals surface area (Å²) in [6, 6.07) is 11.1. The van der Waals surface area contributed by atoms with E-state index >= 15 is 0 Å². The van der Waals surface area contributed by atoms with Crippen molar-refractivity contribution >= 4 is 17.0 Å². The summed E-state index contributed by atoms with van der Waals surface area (Å²) in [5.74, 6) is -0.559. The van der Waals surface area contributed by atoms with Crippen molar-refractivity contribution in [2.45, 2.75) is 44.8 Å². The van der Waals surface area contributed by atoms with Crippen molar-refractivity contribution in [1.82, 2.24) is 14.8 Å². The van der Waals surface area contributed by atoms with Gasteiger partial charge in [0.15, 0.2) is 11.3 Å². The molecule has 4 rings (SSSR count). The fourth-order valence-corrected chi connectivity index (χ4v) is 3.77. The van der Waals surface area contributed by atoms with Crippen molar-refractivity contribution in [1.29, 1.82) is 0 Å². The van der Waals surface area contributed by atoms with Crippen molar-refractivity contribution < 1.29 is 19.4 Å². The molecule has 2 heterocycles. The fourth-order valence-electron chi connectivity index (χ4n) is 3.77. The highest BCUT2D eigenvalue weighted by atomic mass is 16.5. The maximum absolute atomic E-state index is 11.7. The quantitative estimate of drug-likeness (QED) is 0.724. The lowest BCUT2D eigenvalue weighted by Gasteiger charge is -2.28. The van der Waals surface area contributed by atoms with Crippen molar-refractivity contribution in [3.05, 3.63) is 47.8 Å². The van der Waals surface area contributed by atoms with Gasteiger partial charge in [-0.3, -0.25) is 0 Å². The van der Waals surface area contributed by atoms with Gasteiger partial charge in [0.2, 0.25) is 0 Å². The zero-order chi connectivity index (χ0) is 19.7. The van der Waals surface area contributed by atoms with Gasteiger partial charge in [0.25, 0.3) is 0 Å². The Balaban J connectivity index is 1.77. The van der Waals surface area contributed by atoms with E-state index in [1.807, 2.05) is 37.3 Å². The number of carboxylic acid groups (broad SMARTS) is 1. The highest BCUT2D eigenvalue weighted by Crippen LogP contribution is 2.33. The number of hydrogen-bond donors (Lipinski definition) is 1. The van der Waals surface area contributed by atoms with Gasteiger partial charge in [-0.15, -0.1) is 0 Å². The predicted octanol–water partition coefficient (Wildman–Crippen LogP) is 3.76. The summed E-state index contributed by atoms with van der Waals surface area (Å²) < 4.78 is 13.4. The number of methoxy groups -OCH3 is 1. The SMILES string of the molecule is COC1CCC(Oc2cc(C(=O)O)nc3c2c(C)nn3-c2ccccc2)CC1. The molecule has 3 aromatic rings. The maximum atomic E-state index is 11.7. The maximum Gasteiger partial charge on any atom is 0.354 e. The lowest BCUT2D eigenvalue weighted by molar-refractivity contribution is 0.0331. The van der Waals surface area contributed by atoms with E-state index < -0.39 is 5.97 Å². The van der Waals surface area contributed by atoms with Crippen molar-refractivity contribution in [2.24, 2.45) is 0 Å². The third-order valence-electron chi connectivity index (χ3n) is 5.24. The molecule has 1 aliphatic rings. The number of rotatable bonds is 5. The first kappa shape index (κ1) is 18.4. The van der Waals surface area contributed by atoms with E-state index in [0.717, 1.165) is 42.5 Å². The van der Waals surface area contributed by atoms with E-state index in [1.54, 1.807) is 11.8 Å². The molecule has 1 saturated carbocycles. The molecule has 0 atom stereocenters. The van der Waals surface area contributed by atoms with Gasteiger partial charge >= 0.3 is 5.97 Å².